The molecule has 1 saturated heterocycles. The normalized spacial score (nSPS) is 15.2. The highest BCUT2D eigenvalue weighted by Crippen LogP contribution is 2.20. The summed E-state index contributed by atoms with van der Waals surface area (Å²) in [7, 11) is 0. The van der Waals surface area contributed by atoms with Crippen LogP contribution in [0.25, 0.3) is 0 Å². The van der Waals surface area contributed by atoms with Gasteiger partial charge in [-0.3, -0.25) is 4.79 Å². The van der Waals surface area contributed by atoms with Gasteiger partial charge in [-0.1, -0.05) is 24.6 Å². The summed E-state index contributed by atoms with van der Waals surface area (Å²) in [5, 5.41) is 3.17. The van der Waals surface area contributed by atoms with Crippen molar-refractivity contribution in [1.82, 2.24) is 14.9 Å². The maximum atomic E-state index is 14.2. The second kappa shape index (κ2) is 7.59. The molecule has 1 aliphatic heterocycles. The highest BCUT2D eigenvalue weighted by molar-refractivity contribution is 5.94. The Morgan fingerprint density at radius 3 is 2.56 bits per heavy atom. The fraction of sp³-hybridized carbons (Fsp3) is 0.421. The van der Waals surface area contributed by atoms with Crippen LogP contribution >= 0.6 is 0 Å². The minimum atomic E-state index is -0.372. The minimum absolute atomic E-state index is 0.0555. The summed E-state index contributed by atoms with van der Waals surface area (Å²) in [5.74, 6) is -0.0572. The van der Waals surface area contributed by atoms with Gasteiger partial charge >= 0.3 is 0 Å². The number of anilines is 1. The maximum Gasteiger partial charge on any atom is 0.253 e. The van der Waals surface area contributed by atoms with Gasteiger partial charge in [0.25, 0.3) is 5.91 Å². The Morgan fingerprint density at radius 1 is 1.24 bits per heavy atom. The lowest BCUT2D eigenvalue weighted by molar-refractivity contribution is 0.0718. The molecule has 132 valence electrons. The molecule has 2 heterocycles. The van der Waals surface area contributed by atoms with Crippen molar-refractivity contribution in [3.05, 3.63) is 53.2 Å². The second-order valence-electron chi connectivity index (χ2n) is 6.41. The van der Waals surface area contributed by atoms with Crippen molar-refractivity contribution in [2.24, 2.45) is 0 Å². The molecule has 25 heavy (non-hydrogen) atoms. The summed E-state index contributed by atoms with van der Waals surface area (Å²) in [6.45, 7) is 5.17. The fourth-order valence-electron chi connectivity index (χ4n) is 3.05. The largest absolute Gasteiger partial charge is 0.365 e. The standard InChI is InChI=1S/C19H23FN4O/c1-3-16-17(20)18(22-12-21-16)23-15-8-10-24(11-9-15)19(25)14-6-4-13(2)5-7-14/h4-7,12,15H,3,8-11H2,1-2H3,(H,21,22,23). The minimum Gasteiger partial charge on any atom is -0.365 e. The Balaban J connectivity index is 1.59. The third kappa shape index (κ3) is 3.95. The summed E-state index contributed by atoms with van der Waals surface area (Å²) in [6, 6.07) is 7.74. The van der Waals surface area contributed by atoms with Crippen LogP contribution in [0.4, 0.5) is 10.2 Å². The molecule has 6 heteroatoms. The van der Waals surface area contributed by atoms with Gasteiger partial charge in [0.15, 0.2) is 11.6 Å². The Labute approximate surface area is 147 Å². The molecule has 0 spiro atoms. The molecular formula is C19H23FN4O. The number of aryl methyl sites for hydroxylation is 2. The number of halogens is 1. The summed E-state index contributed by atoms with van der Waals surface area (Å²) in [5.41, 5.74) is 2.27. The van der Waals surface area contributed by atoms with Crippen LogP contribution in [-0.4, -0.2) is 39.9 Å². The number of carbonyl (C=O) groups excluding carboxylic acids is 1. The van der Waals surface area contributed by atoms with E-state index in [2.05, 4.69) is 15.3 Å². The number of hydrogen-bond acceptors (Lipinski definition) is 4. The molecule has 1 N–H and O–H groups in total. The number of hydrogen-bond donors (Lipinski definition) is 1. The zero-order valence-electron chi connectivity index (χ0n) is 14.6. The van der Waals surface area contributed by atoms with E-state index < -0.39 is 0 Å². The van der Waals surface area contributed by atoms with Gasteiger partial charge in [-0.05, 0) is 38.3 Å². The Morgan fingerprint density at radius 2 is 1.92 bits per heavy atom. The molecule has 2 aromatic rings. The molecule has 1 amide bonds. The smallest absolute Gasteiger partial charge is 0.253 e. The number of rotatable bonds is 4. The van der Waals surface area contributed by atoms with Gasteiger partial charge in [0.2, 0.25) is 0 Å². The van der Waals surface area contributed by atoms with E-state index in [0.717, 1.165) is 18.4 Å². The van der Waals surface area contributed by atoms with E-state index in [-0.39, 0.29) is 23.6 Å². The van der Waals surface area contributed by atoms with Crippen LogP contribution in [0.2, 0.25) is 0 Å². The summed E-state index contributed by atoms with van der Waals surface area (Å²) in [6.07, 6.45) is 3.46. The zero-order valence-corrected chi connectivity index (χ0v) is 14.6. The number of likely N-dealkylation sites (tertiary alicyclic amines) is 1. The Kier molecular flexibility index (Phi) is 5.26. The van der Waals surface area contributed by atoms with E-state index in [1.807, 2.05) is 43.0 Å². The first-order chi connectivity index (χ1) is 12.1. The number of benzene rings is 1. The highest BCUT2D eigenvalue weighted by Gasteiger charge is 2.24. The van der Waals surface area contributed by atoms with Crippen LogP contribution in [0.5, 0.6) is 0 Å². The van der Waals surface area contributed by atoms with Gasteiger partial charge in [-0.15, -0.1) is 0 Å². The van der Waals surface area contributed by atoms with Crippen LogP contribution in [0.1, 0.15) is 41.4 Å². The molecule has 1 aromatic carbocycles. The topological polar surface area (TPSA) is 58.1 Å². The summed E-state index contributed by atoms with van der Waals surface area (Å²) >= 11 is 0. The highest BCUT2D eigenvalue weighted by atomic mass is 19.1. The van der Waals surface area contributed by atoms with Gasteiger partial charge < -0.3 is 10.2 Å². The fourth-order valence-corrected chi connectivity index (χ4v) is 3.05. The van der Waals surface area contributed by atoms with Gasteiger partial charge in [0.05, 0.1) is 5.69 Å². The first-order valence-corrected chi connectivity index (χ1v) is 8.70. The van der Waals surface area contributed by atoms with E-state index in [0.29, 0.717) is 30.8 Å². The molecule has 1 aliphatic rings. The maximum absolute atomic E-state index is 14.2. The SMILES string of the molecule is CCc1ncnc(NC2CCN(C(=O)c3ccc(C)cc3)CC2)c1F. The average Bonchev–Trinajstić information content (AvgIpc) is 2.64. The number of nitrogens with zero attached hydrogens (tertiary/aromatic N) is 3. The first kappa shape index (κ1) is 17.3. The molecule has 0 aliphatic carbocycles. The lowest BCUT2D eigenvalue weighted by atomic mass is 10.0. The Hall–Kier alpha value is -2.50. The molecule has 1 fully saturated rings. The summed E-state index contributed by atoms with van der Waals surface area (Å²) < 4.78 is 14.2. The second-order valence-corrected chi connectivity index (χ2v) is 6.41. The average molecular weight is 342 g/mol. The molecule has 5 nitrogen and oxygen atoms in total. The number of amides is 1. The number of piperidine rings is 1. The molecule has 0 saturated carbocycles. The zero-order chi connectivity index (χ0) is 17.8. The van der Waals surface area contributed by atoms with Crippen LogP contribution in [0.3, 0.4) is 0 Å². The predicted octanol–water partition coefficient (Wildman–Crippen LogP) is 3.20. The first-order valence-electron chi connectivity index (χ1n) is 8.70. The van der Waals surface area contributed by atoms with Crippen molar-refractivity contribution >= 4 is 11.7 Å². The summed E-state index contributed by atoms with van der Waals surface area (Å²) in [4.78, 5) is 22.4. The monoisotopic (exact) mass is 342 g/mol. The molecular weight excluding hydrogens is 319 g/mol. The molecule has 0 atom stereocenters. The van der Waals surface area contributed by atoms with E-state index >= 15 is 0 Å². The third-order valence-corrected chi connectivity index (χ3v) is 4.62. The van der Waals surface area contributed by atoms with Crippen molar-refractivity contribution in [3.63, 3.8) is 0 Å². The van der Waals surface area contributed by atoms with Crippen molar-refractivity contribution in [2.75, 3.05) is 18.4 Å². The van der Waals surface area contributed by atoms with Crippen LogP contribution < -0.4 is 5.32 Å². The molecule has 0 bridgehead atoms. The van der Waals surface area contributed by atoms with Crippen molar-refractivity contribution in [3.8, 4) is 0 Å². The third-order valence-electron chi connectivity index (χ3n) is 4.62. The van der Waals surface area contributed by atoms with Gasteiger partial charge in [-0.25, -0.2) is 14.4 Å². The predicted molar refractivity (Wildman–Crippen MR) is 95.1 cm³/mol. The van der Waals surface area contributed by atoms with Gasteiger partial charge in [0, 0.05) is 24.7 Å². The molecule has 3 rings (SSSR count). The van der Waals surface area contributed by atoms with Crippen molar-refractivity contribution < 1.29 is 9.18 Å². The van der Waals surface area contributed by atoms with Gasteiger partial charge in [-0.2, -0.15) is 0 Å². The molecule has 0 unspecified atom stereocenters. The number of nitrogens with one attached hydrogen (secondary N) is 1. The van der Waals surface area contributed by atoms with Crippen molar-refractivity contribution in [2.45, 2.75) is 39.2 Å². The van der Waals surface area contributed by atoms with E-state index in [1.54, 1.807) is 0 Å². The number of aromatic nitrogens is 2. The lowest BCUT2D eigenvalue weighted by Crippen LogP contribution is -2.42. The molecule has 0 radical (unpaired) electrons. The quantitative estimate of drug-likeness (QED) is 0.927. The van der Waals surface area contributed by atoms with Crippen molar-refractivity contribution in [1.29, 1.82) is 0 Å². The van der Waals surface area contributed by atoms with Crippen LogP contribution in [0, 0.1) is 12.7 Å². The van der Waals surface area contributed by atoms with Crippen LogP contribution in [-0.2, 0) is 6.42 Å². The van der Waals surface area contributed by atoms with E-state index in [4.69, 9.17) is 0 Å². The van der Waals surface area contributed by atoms with Gasteiger partial charge in [0.1, 0.15) is 6.33 Å². The van der Waals surface area contributed by atoms with E-state index in [1.165, 1.54) is 6.33 Å². The van der Waals surface area contributed by atoms with Crippen LogP contribution in [0.15, 0.2) is 30.6 Å². The lowest BCUT2D eigenvalue weighted by Gasteiger charge is -2.32. The number of carbonyl (C=O) groups is 1. The Bertz CT molecular complexity index is 740. The van der Waals surface area contributed by atoms with E-state index in [9.17, 15) is 9.18 Å². The molecule has 1 aromatic heterocycles.